The van der Waals surface area contributed by atoms with Crippen molar-refractivity contribution >= 4 is 23.7 Å². The molecule has 1 aromatic rings. The Labute approximate surface area is 137 Å². The molecule has 1 aliphatic carbocycles. The molecule has 1 aliphatic heterocycles. The molecule has 2 aliphatic rings. The topological polar surface area (TPSA) is 128 Å². The van der Waals surface area contributed by atoms with E-state index in [2.05, 4.69) is 10.6 Å². The monoisotopic (exact) mass is 335 g/mol. The van der Waals surface area contributed by atoms with Gasteiger partial charge in [0.1, 0.15) is 0 Å². The van der Waals surface area contributed by atoms with Gasteiger partial charge in [-0.2, -0.15) is 0 Å². The Hall–Kier alpha value is -2.65. The summed E-state index contributed by atoms with van der Waals surface area (Å²) >= 11 is 0. The Morgan fingerprint density at radius 1 is 1.42 bits per heavy atom. The highest BCUT2D eigenvalue weighted by atomic mass is 16.6. The number of amides is 4. The molecule has 0 unspecified atom stereocenters. The number of anilines is 1. The number of nitrogens with one attached hydrogen (secondary N) is 2. The number of ether oxygens (including phenoxy) is 1. The van der Waals surface area contributed by atoms with Gasteiger partial charge in [-0.3, -0.25) is 4.79 Å². The number of carbonyl (C=O) groups excluding carboxylic acids is 3. The summed E-state index contributed by atoms with van der Waals surface area (Å²) in [4.78, 5) is 36.6. The lowest BCUT2D eigenvalue weighted by atomic mass is 9.94. The number of imide groups is 1. The lowest BCUT2D eigenvalue weighted by Crippen LogP contribution is -2.41. The average molecular weight is 335 g/mol. The number of aliphatic hydroxyl groups excluding tert-OH is 1. The lowest BCUT2D eigenvalue weighted by molar-refractivity contribution is -0.140. The summed E-state index contributed by atoms with van der Waals surface area (Å²) in [6.07, 6.45) is -1.95. The van der Waals surface area contributed by atoms with Crippen molar-refractivity contribution in [3.05, 3.63) is 29.3 Å². The maximum Gasteiger partial charge on any atom is 0.418 e. The minimum atomic E-state index is -1.82. The molecule has 1 atom stereocenters. The SMILES string of the molecule is CNC(=O)Nc1ccc2c(c1)CC[C@@]21OC(=O)N(CC(O)O)C1=O. The molecule has 0 aromatic heterocycles. The number of hydrogen-bond donors (Lipinski definition) is 4. The highest BCUT2D eigenvalue weighted by Crippen LogP contribution is 2.45. The number of urea groups is 1. The second kappa shape index (κ2) is 5.77. The fourth-order valence-electron chi connectivity index (χ4n) is 3.11. The smallest absolute Gasteiger partial charge is 0.418 e. The summed E-state index contributed by atoms with van der Waals surface area (Å²) in [5, 5.41) is 23.1. The second-order valence-corrected chi connectivity index (χ2v) is 5.67. The van der Waals surface area contributed by atoms with Gasteiger partial charge in [0, 0.05) is 24.7 Å². The number of benzene rings is 1. The van der Waals surface area contributed by atoms with Gasteiger partial charge in [-0.1, -0.05) is 6.07 Å². The molecule has 9 nitrogen and oxygen atoms in total. The van der Waals surface area contributed by atoms with Gasteiger partial charge in [-0.25, -0.2) is 14.5 Å². The van der Waals surface area contributed by atoms with Gasteiger partial charge in [-0.15, -0.1) is 0 Å². The van der Waals surface area contributed by atoms with Crippen LogP contribution in [0.15, 0.2) is 18.2 Å². The quantitative estimate of drug-likeness (QED) is 0.570. The maximum absolute atomic E-state index is 12.6. The van der Waals surface area contributed by atoms with Crippen molar-refractivity contribution in [2.75, 3.05) is 18.9 Å². The van der Waals surface area contributed by atoms with Crippen LogP contribution in [0.3, 0.4) is 0 Å². The number of fused-ring (bicyclic) bond motifs is 2. The van der Waals surface area contributed by atoms with E-state index in [0.29, 0.717) is 22.6 Å². The number of nitrogens with zero attached hydrogens (tertiary/aromatic N) is 1. The summed E-state index contributed by atoms with van der Waals surface area (Å²) in [6.45, 7) is -0.537. The van der Waals surface area contributed by atoms with E-state index >= 15 is 0 Å². The van der Waals surface area contributed by atoms with E-state index in [0.717, 1.165) is 5.56 Å². The van der Waals surface area contributed by atoms with Crippen molar-refractivity contribution in [2.24, 2.45) is 0 Å². The number of aliphatic hydroxyl groups is 2. The zero-order chi connectivity index (χ0) is 17.5. The van der Waals surface area contributed by atoms with Crippen molar-refractivity contribution in [1.82, 2.24) is 10.2 Å². The number of aryl methyl sites for hydroxylation is 1. The first-order valence-corrected chi connectivity index (χ1v) is 7.40. The Bertz CT molecular complexity index is 719. The van der Waals surface area contributed by atoms with Crippen LogP contribution in [0.5, 0.6) is 0 Å². The highest BCUT2D eigenvalue weighted by Gasteiger charge is 2.58. The summed E-state index contributed by atoms with van der Waals surface area (Å²) in [5.74, 6) is -0.605. The van der Waals surface area contributed by atoms with E-state index in [1.807, 2.05) is 0 Å². The minimum absolute atomic E-state index is 0.272. The van der Waals surface area contributed by atoms with Crippen LogP contribution in [0.1, 0.15) is 17.5 Å². The molecule has 1 saturated heterocycles. The molecular formula is C15H17N3O6. The fourth-order valence-corrected chi connectivity index (χ4v) is 3.11. The molecule has 4 N–H and O–H groups in total. The predicted molar refractivity (Wildman–Crippen MR) is 80.9 cm³/mol. The molecule has 0 bridgehead atoms. The van der Waals surface area contributed by atoms with Crippen LogP contribution in [0, 0.1) is 0 Å². The first-order chi connectivity index (χ1) is 11.4. The standard InChI is InChI=1S/C15H17N3O6/c1-16-13(22)17-9-2-3-10-8(6-9)4-5-15(10)12(21)18(7-11(19)20)14(23)24-15/h2-3,6,11,19-20H,4-5,7H2,1H3,(H2,16,17,22)/t15-/m1/s1. The van der Waals surface area contributed by atoms with Crippen molar-refractivity contribution in [3.63, 3.8) is 0 Å². The summed E-state index contributed by atoms with van der Waals surface area (Å²) < 4.78 is 5.32. The zero-order valence-corrected chi connectivity index (χ0v) is 12.9. The molecule has 0 radical (unpaired) electrons. The van der Waals surface area contributed by atoms with Crippen LogP contribution in [0.2, 0.25) is 0 Å². The van der Waals surface area contributed by atoms with Crippen LogP contribution >= 0.6 is 0 Å². The molecular weight excluding hydrogens is 318 g/mol. The Balaban J connectivity index is 1.90. The van der Waals surface area contributed by atoms with E-state index < -0.39 is 30.4 Å². The third kappa shape index (κ3) is 2.47. The largest absolute Gasteiger partial charge is 0.427 e. The Kier molecular flexibility index (Phi) is 3.90. The normalized spacial score (nSPS) is 22.1. The molecule has 9 heteroatoms. The third-order valence-corrected chi connectivity index (χ3v) is 4.19. The number of hydrogen-bond acceptors (Lipinski definition) is 6. The van der Waals surface area contributed by atoms with Crippen molar-refractivity contribution < 1.29 is 29.3 Å². The van der Waals surface area contributed by atoms with Crippen LogP contribution < -0.4 is 10.6 Å². The summed E-state index contributed by atoms with van der Waals surface area (Å²) in [5.41, 5.74) is 0.478. The van der Waals surface area contributed by atoms with Crippen LogP contribution in [-0.4, -0.2) is 53.0 Å². The Morgan fingerprint density at radius 3 is 2.83 bits per heavy atom. The maximum atomic E-state index is 12.6. The zero-order valence-electron chi connectivity index (χ0n) is 12.9. The fraction of sp³-hybridized carbons (Fsp3) is 0.400. The summed E-state index contributed by atoms with van der Waals surface area (Å²) in [7, 11) is 1.50. The molecule has 24 heavy (non-hydrogen) atoms. The van der Waals surface area contributed by atoms with Crippen LogP contribution in [0.25, 0.3) is 0 Å². The first kappa shape index (κ1) is 16.2. The van der Waals surface area contributed by atoms with Gasteiger partial charge in [0.15, 0.2) is 6.29 Å². The molecule has 1 fully saturated rings. The molecule has 3 rings (SSSR count). The van der Waals surface area contributed by atoms with Crippen molar-refractivity contribution in [2.45, 2.75) is 24.7 Å². The number of rotatable bonds is 3. The molecule has 4 amide bonds. The Morgan fingerprint density at radius 2 is 2.17 bits per heavy atom. The van der Waals surface area contributed by atoms with E-state index in [4.69, 9.17) is 14.9 Å². The molecule has 0 saturated carbocycles. The van der Waals surface area contributed by atoms with Crippen molar-refractivity contribution in [1.29, 1.82) is 0 Å². The number of carbonyl (C=O) groups is 3. The van der Waals surface area contributed by atoms with Gasteiger partial charge in [0.05, 0.1) is 6.54 Å². The molecule has 128 valence electrons. The predicted octanol–water partition coefficient (Wildman–Crippen LogP) is -0.131. The number of β-amino-alcohol motifs (C(OH)–C–C–N with tert-alkyl or cyclic N) is 2. The minimum Gasteiger partial charge on any atom is -0.427 e. The average Bonchev–Trinajstić information content (AvgIpc) is 3.00. The van der Waals surface area contributed by atoms with E-state index in [1.54, 1.807) is 18.2 Å². The molecule has 1 spiro atoms. The summed E-state index contributed by atoms with van der Waals surface area (Å²) in [6, 6.07) is 4.61. The highest BCUT2D eigenvalue weighted by molar-refractivity contribution is 6.04. The van der Waals surface area contributed by atoms with Crippen molar-refractivity contribution in [3.8, 4) is 0 Å². The van der Waals surface area contributed by atoms with Gasteiger partial charge in [0.2, 0.25) is 5.60 Å². The first-order valence-electron chi connectivity index (χ1n) is 7.40. The van der Waals surface area contributed by atoms with Crippen LogP contribution in [-0.2, 0) is 21.6 Å². The van der Waals surface area contributed by atoms with Gasteiger partial charge in [0.25, 0.3) is 5.91 Å². The lowest BCUT2D eigenvalue weighted by Gasteiger charge is -2.21. The third-order valence-electron chi connectivity index (χ3n) is 4.19. The molecule has 1 heterocycles. The van der Waals surface area contributed by atoms with Gasteiger partial charge >= 0.3 is 12.1 Å². The second-order valence-electron chi connectivity index (χ2n) is 5.67. The van der Waals surface area contributed by atoms with E-state index in [-0.39, 0.29) is 12.5 Å². The van der Waals surface area contributed by atoms with E-state index in [1.165, 1.54) is 7.05 Å². The molecule has 1 aromatic carbocycles. The van der Waals surface area contributed by atoms with Crippen LogP contribution in [0.4, 0.5) is 15.3 Å². The van der Waals surface area contributed by atoms with Gasteiger partial charge < -0.3 is 25.6 Å². The van der Waals surface area contributed by atoms with E-state index in [9.17, 15) is 14.4 Å². The van der Waals surface area contributed by atoms with Gasteiger partial charge in [-0.05, 0) is 24.1 Å².